The van der Waals surface area contributed by atoms with E-state index >= 15 is 0 Å². The highest BCUT2D eigenvalue weighted by Gasteiger charge is 2.44. The lowest BCUT2D eigenvalue weighted by Crippen LogP contribution is -2.32. The molecule has 7 nitrogen and oxygen atoms in total. The maximum atomic E-state index is 14.2. The normalized spacial score (nSPS) is 13.2. The molecule has 2 atom stereocenters. The quantitative estimate of drug-likeness (QED) is 0.299. The Morgan fingerprint density at radius 1 is 1.06 bits per heavy atom. The predicted molar refractivity (Wildman–Crippen MR) is 130 cm³/mol. The van der Waals surface area contributed by atoms with E-state index in [1.807, 2.05) is 0 Å². The van der Waals surface area contributed by atoms with Crippen LogP contribution < -0.4 is 16.2 Å². The van der Waals surface area contributed by atoms with Gasteiger partial charge in [-0.25, -0.2) is 4.98 Å². The van der Waals surface area contributed by atoms with Gasteiger partial charge in [0.25, 0.3) is 0 Å². The van der Waals surface area contributed by atoms with E-state index in [4.69, 9.17) is 21.3 Å². The lowest BCUT2D eigenvalue weighted by Gasteiger charge is -2.24. The van der Waals surface area contributed by atoms with Crippen molar-refractivity contribution in [2.45, 2.75) is 24.7 Å². The smallest absolute Gasteiger partial charge is 0.429 e. The molecule has 0 amide bonds. The summed E-state index contributed by atoms with van der Waals surface area (Å²) in [6, 6.07) is 14.7. The second-order valence-corrected chi connectivity index (χ2v) is 8.71. The van der Waals surface area contributed by atoms with Crippen LogP contribution in [-0.4, -0.2) is 33.3 Å². The van der Waals surface area contributed by atoms with Gasteiger partial charge in [-0.05, 0) is 39.9 Å². The van der Waals surface area contributed by atoms with Crippen molar-refractivity contribution in [3.8, 4) is 28.3 Å². The summed E-state index contributed by atoms with van der Waals surface area (Å²) in [7, 11) is 0. The molecule has 0 fully saturated rings. The molecular weight excluding hydrogens is 493 g/mol. The van der Waals surface area contributed by atoms with Gasteiger partial charge in [0.15, 0.2) is 0 Å². The van der Waals surface area contributed by atoms with Crippen molar-refractivity contribution in [3.63, 3.8) is 0 Å². The first-order chi connectivity index (χ1) is 17.1. The van der Waals surface area contributed by atoms with E-state index in [1.165, 1.54) is 29.5 Å². The number of carboxylic acids is 1. The lowest BCUT2D eigenvalue weighted by atomic mass is 9.97. The molecule has 0 aliphatic heterocycles. The highest BCUT2D eigenvalue weighted by atomic mass is 32.1. The van der Waals surface area contributed by atoms with E-state index in [9.17, 15) is 18.0 Å². The van der Waals surface area contributed by atoms with Crippen LogP contribution in [0.3, 0.4) is 0 Å². The summed E-state index contributed by atoms with van der Waals surface area (Å²) in [5.74, 6) is -1.72. The van der Waals surface area contributed by atoms with Gasteiger partial charge in [-0.1, -0.05) is 48.5 Å². The maximum Gasteiger partial charge on any atom is 0.429 e. The Kier molecular flexibility index (Phi) is 7.22. The molecule has 0 bridgehead atoms. The second kappa shape index (κ2) is 10.3. The fourth-order valence-electron chi connectivity index (χ4n) is 3.64. The number of halogens is 3. The Balaban J connectivity index is 1.65. The van der Waals surface area contributed by atoms with E-state index in [1.54, 1.807) is 53.2 Å². The minimum Gasteiger partial charge on any atom is -0.480 e. The van der Waals surface area contributed by atoms with E-state index in [2.05, 4.69) is 9.97 Å². The summed E-state index contributed by atoms with van der Waals surface area (Å²) in [6.45, 7) is 0. The number of hydrogen-bond acceptors (Lipinski definition) is 7. The zero-order valence-electron chi connectivity index (χ0n) is 18.6. The zero-order chi connectivity index (χ0) is 25.9. The van der Waals surface area contributed by atoms with Crippen molar-refractivity contribution in [2.24, 2.45) is 5.73 Å². The number of carboxylic acid groups (broad SMARTS) is 1. The molecule has 0 aliphatic rings. The van der Waals surface area contributed by atoms with Crippen LogP contribution in [-0.2, 0) is 11.2 Å². The van der Waals surface area contributed by atoms with Gasteiger partial charge in [-0.2, -0.15) is 29.5 Å². The molecule has 186 valence electrons. The number of ether oxygens (including phenoxy) is 1. The standard InChI is InChI=1S/C25H21F3N4O3S/c26-25(27,28)22(18-4-2-1-3-17(18)16-9-10-36-13-16)35-21-12-20(31-24(30)32-21)15-7-5-14(6-8-15)11-19(29)23(33)34/h1-10,12-13,19,22H,11,29H2,(H,33,34)(H2,30,31,32)/t19?,22-/m0/s1. The van der Waals surface area contributed by atoms with Crippen molar-refractivity contribution in [3.05, 3.63) is 82.6 Å². The summed E-state index contributed by atoms with van der Waals surface area (Å²) in [4.78, 5) is 18.9. The molecule has 1 unspecified atom stereocenters. The molecule has 11 heteroatoms. The molecule has 2 aromatic carbocycles. The first-order valence-electron chi connectivity index (χ1n) is 10.7. The van der Waals surface area contributed by atoms with Gasteiger partial charge in [0.2, 0.25) is 17.9 Å². The lowest BCUT2D eigenvalue weighted by molar-refractivity contribution is -0.198. The van der Waals surface area contributed by atoms with E-state index in [-0.39, 0.29) is 29.5 Å². The van der Waals surface area contributed by atoms with Gasteiger partial charge < -0.3 is 21.3 Å². The molecule has 0 saturated carbocycles. The van der Waals surface area contributed by atoms with Crippen LogP contribution in [0.4, 0.5) is 19.1 Å². The molecule has 4 aromatic rings. The van der Waals surface area contributed by atoms with Crippen LogP contribution in [0, 0.1) is 0 Å². The van der Waals surface area contributed by atoms with E-state index < -0.39 is 24.3 Å². The SMILES string of the molecule is Nc1nc(O[C@@H](c2ccccc2-c2ccsc2)C(F)(F)F)cc(-c2ccc(CC(N)C(=O)O)cc2)n1. The third kappa shape index (κ3) is 5.81. The molecule has 0 spiro atoms. The van der Waals surface area contributed by atoms with Crippen LogP contribution >= 0.6 is 11.3 Å². The molecule has 0 radical (unpaired) electrons. The Morgan fingerprint density at radius 3 is 2.42 bits per heavy atom. The van der Waals surface area contributed by atoms with Gasteiger partial charge in [0, 0.05) is 17.2 Å². The molecule has 4 rings (SSSR count). The van der Waals surface area contributed by atoms with Crippen LogP contribution in [0.25, 0.3) is 22.4 Å². The first-order valence-corrected chi connectivity index (χ1v) is 11.6. The van der Waals surface area contributed by atoms with Gasteiger partial charge in [0.1, 0.15) is 6.04 Å². The predicted octanol–water partition coefficient (Wildman–Crippen LogP) is 5.09. The largest absolute Gasteiger partial charge is 0.480 e. The maximum absolute atomic E-state index is 14.2. The number of hydrogen-bond donors (Lipinski definition) is 3. The molecule has 0 saturated heterocycles. The number of nitrogens with two attached hydrogens (primary N) is 2. The summed E-state index contributed by atoms with van der Waals surface area (Å²) in [5.41, 5.74) is 13.8. The monoisotopic (exact) mass is 514 g/mol. The topological polar surface area (TPSA) is 124 Å². The van der Waals surface area contributed by atoms with Crippen LogP contribution in [0.2, 0.25) is 0 Å². The Morgan fingerprint density at radius 2 is 1.78 bits per heavy atom. The molecule has 0 aliphatic carbocycles. The fourth-order valence-corrected chi connectivity index (χ4v) is 4.29. The molecular formula is C25H21F3N4O3S. The second-order valence-electron chi connectivity index (χ2n) is 7.93. The number of aliphatic carboxylic acids is 1. The zero-order valence-corrected chi connectivity index (χ0v) is 19.5. The third-order valence-electron chi connectivity index (χ3n) is 5.35. The van der Waals surface area contributed by atoms with Crippen molar-refractivity contribution in [2.75, 3.05) is 5.73 Å². The number of thiophene rings is 1. The summed E-state index contributed by atoms with van der Waals surface area (Å²) < 4.78 is 48.0. The van der Waals surface area contributed by atoms with Crippen molar-refractivity contribution in [1.82, 2.24) is 9.97 Å². The van der Waals surface area contributed by atoms with Gasteiger partial charge >= 0.3 is 12.1 Å². The number of nitrogens with zero attached hydrogens (tertiary/aromatic N) is 2. The number of nitrogen functional groups attached to an aromatic ring is 1. The van der Waals surface area contributed by atoms with Crippen molar-refractivity contribution >= 4 is 23.3 Å². The number of aromatic nitrogens is 2. The number of benzene rings is 2. The van der Waals surface area contributed by atoms with E-state index in [0.29, 0.717) is 22.3 Å². The average molecular weight is 515 g/mol. The minimum atomic E-state index is -4.74. The fraction of sp³-hybridized carbons (Fsp3) is 0.160. The molecule has 2 heterocycles. The third-order valence-corrected chi connectivity index (χ3v) is 6.04. The van der Waals surface area contributed by atoms with Crippen LogP contribution in [0.15, 0.2) is 71.4 Å². The average Bonchev–Trinajstić information content (AvgIpc) is 3.37. The number of alkyl halides is 3. The van der Waals surface area contributed by atoms with Crippen LogP contribution in [0.1, 0.15) is 17.2 Å². The van der Waals surface area contributed by atoms with E-state index in [0.717, 1.165) is 0 Å². The summed E-state index contributed by atoms with van der Waals surface area (Å²) in [6.07, 6.45) is -6.92. The highest BCUT2D eigenvalue weighted by molar-refractivity contribution is 7.08. The van der Waals surface area contributed by atoms with Gasteiger partial charge in [0.05, 0.1) is 5.69 Å². The number of rotatable bonds is 8. The van der Waals surface area contributed by atoms with Crippen LogP contribution in [0.5, 0.6) is 5.88 Å². The molecule has 36 heavy (non-hydrogen) atoms. The summed E-state index contributed by atoms with van der Waals surface area (Å²) in [5, 5.41) is 12.5. The summed E-state index contributed by atoms with van der Waals surface area (Å²) >= 11 is 1.38. The minimum absolute atomic E-state index is 0.0544. The Bertz CT molecular complexity index is 1350. The van der Waals surface area contributed by atoms with Gasteiger partial charge in [-0.3, -0.25) is 4.79 Å². The highest BCUT2D eigenvalue weighted by Crippen LogP contribution is 2.41. The van der Waals surface area contributed by atoms with Crippen molar-refractivity contribution < 1.29 is 27.8 Å². The van der Waals surface area contributed by atoms with Gasteiger partial charge in [-0.15, -0.1) is 0 Å². The Hall–Kier alpha value is -3.96. The first kappa shape index (κ1) is 25.1. The molecule has 5 N–H and O–H groups in total. The number of carbonyl (C=O) groups is 1. The Labute approximate surface area is 208 Å². The van der Waals surface area contributed by atoms with Crippen molar-refractivity contribution in [1.29, 1.82) is 0 Å². The number of anilines is 1. The molecule has 2 aromatic heterocycles.